The molecule has 0 fully saturated rings. The highest BCUT2D eigenvalue weighted by molar-refractivity contribution is 7.80. The van der Waals surface area contributed by atoms with Crippen molar-refractivity contribution in [1.82, 2.24) is 5.32 Å². The van der Waals surface area contributed by atoms with E-state index < -0.39 is 11.6 Å². The zero-order chi connectivity index (χ0) is 12.9. The summed E-state index contributed by atoms with van der Waals surface area (Å²) in [6, 6.07) is 9.43. The Balaban J connectivity index is 2.44. The molecule has 0 heterocycles. The Bertz CT molecular complexity index is 404. The first-order valence-electron chi connectivity index (χ1n) is 5.20. The lowest BCUT2D eigenvalue weighted by molar-refractivity contribution is 0.134. The van der Waals surface area contributed by atoms with Crippen molar-refractivity contribution in [2.45, 2.75) is 26.0 Å². The maximum Gasteiger partial charge on any atom is 0.408 e. The van der Waals surface area contributed by atoms with Crippen molar-refractivity contribution in [3.63, 3.8) is 0 Å². The summed E-state index contributed by atoms with van der Waals surface area (Å²) >= 11 is 4.84. The van der Waals surface area contributed by atoms with E-state index in [0.29, 0.717) is 0 Å². The van der Waals surface area contributed by atoms with Gasteiger partial charge in [-0.2, -0.15) is 0 Å². The molecule has 0 unspecified atom stereocenters. The Morgan fingerprint density at radius 3 is 2.53 bits per heavy atom. The van der Waals surface area contributed by atoms with Crippen LogP contribution in [-0.4, -0.2) is 16.6 Å². The van der Waals surface area contributed by atoms with E-state index in [9.17, 15) is 4.79 Å². The molecule has 0 spiro atoms. The SMILES string of the molecule is CC(C)(NC(=O)OCc1ccccc1)C(N)=S. The van der Waals surface area contributed by atoms with Crippen LogP contribution in [0.25, 0.3) is 0 Å². The van der Waals surface area contributed by atoms with Crippen LogP contribution in [0, 0.1) is 0 Å². The third kappa shape index (κ3) is 4.40. The van der Waals surface area contributed by atoms with Gasteiger partial charge in [-0.25, -0.2) is 4.79 Å². The maximum absolute atomic E-state index is 11.5. The summed E-state index contributed by atoms with van der Waals surface area (Å²) in [5.74, 6) is 0. The highest BCUT2D eigenvalue weighted by atomic mass is 32.1. The molecule has 0 saturated heterocycles. The van der Waals surface area contributed by atoms with Crippen LogP contribution in [-0.2, 0) is 11.3 Å². The number of carbonyl (C=O) groups excluding carboxylic acids is 1. The summed E-state index contributed by atoms with van der Waals surface area (Å²) < 4.78 is 5.05. The second-order valence-electron chi connectivity index (χ2n) is 4.18. The molecule has 5 heteroatoms. The molecule has 1 aromatic rings. The molecule has 0 radical (unpaired) electrons. The molecule has 92 valence electrons. The number of thiocarbonyl (C=S) groups is 1. The number of hydrogen-bond donors (Lipinski definition) is 2. The fourth-order valence-electron chi connectivity index (χ4n) is 1.08. The number of nitrogens with two attached hydrogens (primary N) is 1. The van der Waals surface area contributed by atoms with Gasteiger partial charge in [-0.3, -0.25) is 0 Å². The van der Waals surface area contributed by atoms with Crippen molar-refractivity contribution >= 4 is 23.3 Å². The van der Waals surface area contributed by atoms with Crippen LogP contribution in [0.2, 0.25) is 0 Å². The Morgan fingerprint density at radius 1 is 1.41 bits per heavy atom. The largest absolute Gasteiger partial charge is 0.445 e. The van der Waals surface area contributed by atoms with Gasteiger partial charge in [0, 0.05) is 0 Å². The van der Waals surface area contributed by atoms with Crippen LogP contribution in [0.1, 0.15) is 19.4 Å². The number of hydrogen-bond acceptors (Lipinski definition) is 3. The molecule has 0 saturated carbocycles. The van der Waals surface area contributed by atoms with Crippen molar-refractivity contribution in [3.05, 3.63) is 35.9 Å². The van der Waals surface area contributed by atoms with Crippen LogP contribution in [0.15, 0.2) is 30.3 Å². The van der Waals surface area contributed by atoms with E-state index in [0.717, 1.165) is 5.56 Å². The third-order valence-electron chi connectivity index (χ3n) is 2.24. The highest BCUT2D eigenvalue weighted by Gasteiger charge is 2.24. The molecule has 0 aliphatic carbocycles. The molecule has 0 aromatic heterocycles. The predicted octanol–water partition coefficient (Wildman–Crippen LogP) is 1.98. The van der Waals surface area contributed by atoms with Crippen molar-refractivity contribution in [1.29, 1.82) is 0 Å². The third-order valence-corrected chi connectivity index (χ3v) is 2.75. The quantitative estimate of drug-likeness (QED) is 0.804. The van der Waals surface area contributed by atoms with Crippen LogP contribution < -0.4 is 11.1 Å². The van der Waals surface area contributed by atoms with E-state index >= 15 is 0 Å². The van der Waals surface area contributed by atoms with E-state index in [1.54, 1.807) is 13.8 Å². The molecule has 1 aromatic carbocycles. The molecular formula is C12H16N2O2S. The predicted molar refractivity (Wildman–Crippen MR) is 70.6 cm³/mol. The summed E-state index contributed by atoms with van der Waals surface area (Å²) in [5, 5.41) is 2.60. The van der Waals surface area contributed by atoms with Crippen molar-refractivity contribution in [2.24, 2.45) is 5.73 Å². The van der Waals surface area contributed by atoms with Crippen molar-refractivity contribution < 1.29 is 9.53 Å². The molecule has 1 rings (SSSR count). The monoisotopic (exact) mass is 252 g/mol. The zero-order valence-electron chi connectivity index (χ0n) is 9.90. The van der Waals surface area contributed by atoms with Gasteiger partial charge in [-0.15, -0.1) is 0 Å². The summed E-state index contributed by atoms with van der Waals surface area (Å²) in [6.45, 7) is 3.66. The molecule has 4 nitrogen and oxygen atoms in total. The maximum atomic E-state index is 11.5. The number of amides is 1. The average Bonchev–Trinajstić information content (AvgIpc) is 2.27. The fourth-order valence-corrected chi connectivity index (χ4v) is 1.13. The second-order valence-corrected chi connectivity index (χ2v) is 4.62. The number of carbonyl (C=O) groups is 1. The minimum Gasteiger partial charge on any atom is -0.445 e. The lowest BCUT2D eigenvalue weighted by atomic mass is 10.1. The number of rotatable bonds is 4. The summed E-state index contributed by atoms with van der Waals surface area (Å²) in [7, 11) is 0. The van der Waals surface area contributed by atoms with Gasteiger partial charge in [0.1, 0.15) is 6.61 Å². The van der Waals surface area contributed by atoms with Gasteiger partial charge in [0.25, 0.3) is 0 Å². The number of benzene rings is 1. The Morgan fingerprint density at radius 2 is 2.00 bits per heavy atom. The number of nitrogens with one attached hydrogen (secondary N) is 1. The standard InChI is InChI=1S/C12H16N2O2S/c1-12(2,10(13)17)14-11(15)16-8-9-6-4-3-5-7-9/h3-7H,8H2,1-2H3,(H2,13,17)(H,14,15). The fraction of sp³-hybridized carbons (Fsp3) is 0.333. The van der Waals surface area contributed by atoms with Gasteiger partial charge in [-0.1, -0.05) is 42.5 Å². The summed E-state index contributed by atoms with van der Waals surface area (Å²) in [5.41, 5.74) is 5.67. The topological polar surface area (TPSA) is 64.3 Å². The Labute approximate surface area is 106 Å². The van der Waals surface area contributed by atoms with E-state index in [2.05, 4.69) is 5.32 Å². The Kier molecular flexibility index (Phi) is 4.45. The zero-order valence-corrected chi connectivity index (χ0v) is 10.7. The minimum absolute atomic E-state index is 0.217. The molecular weight excluding hydrogens is 236 g/mol. The molecule has 17 heavy (non-hydrogen) atoms. The molecule has 0 atom stereocenters. The highest BCUT2D eigenvalue weighted by Crippen LogP contribution is 2.05. The van der Waals surface area contributed by atoms with Gasteiger partial charge in [-0.05, 0) is 19.4 Å². The van der Waals surface area contributed by atoms with Gasteiger partial charge < -0.3 is 15.8 Å². The lowest BCUT2D eigenvalue weighted by Gasteiger charge is -2.24. The van der Waals surface area contributed by atoms with E-state index in [4.69, 9.17) is 22.7 Å². The van der Waals surface area contributed by atoms with Gasteiger partial charge in [0.05, 0.1) is 10.5 Å². The first-order valence-corrected chi connectivity index (χ1v) is 5.61. The molecule has 1 amide bonds. The normalized spacial score (nSPS) is 10.7. The van der Waals surface area contributed by atoms with Gasteiger partial charge in [0.2, 0.25) is 0 Å². The number of ether oxygens (including phenoxy) is 1. The van der Waals surface area contributed by atoms with Crippen LogP contribution in [0.4, 0.5) is 4.79 Å². The average molecular weight is 252 g/mol. The van der Waals surface area contributed by atoms with Crippen molar-refractivity contribution in [2.75, 3.05) is 0 Å². The first-order chi connectivity index (χ1) is 7.92. The molecule has 0 aliphatic heterocycles. The van der Waals surface area contributed by atoms with E-state index in [1.165, 1.54) is 0 Å². The molecule has 0 aliphatic rings. The van der Waals surface area contributed by atoms with Crippen LogP contribution in [0.5, 0.6) is 0 Å². The van der Waals surface area contributed by atoms with Crippen LogP contribution in [0.3, 0.4) is 0 Å². The van der Waals surface area contributed by atoms with Crippen molar-refractivity contribution in [3.8, 4) is 0 Å². The van der Waals surface area contributed by atoms with Crippen LogP contribution >= 0.6 is 12.2 Å². The number of alkyl carbamates (subject to hydrolysis) is 1. The van der Waals surface area contributed by atoms with Gasteiger partial charge in [0.15, 0.2) is 0 Å². The molecule has 3 N–H and O–H groups in total. The lowest BCUT2D eigenvalue weighted by Crippen LogP contribution is -2.52. The first kappa shape index (κ1) is 13.4. The second kappa shape index (κ2) is 5.63. The smallest absolute Gasteiger partial charge is 0.408 e. The molecule has 0 bridgehead atoms. The van der Waals surface area contributed by atoms with E-state index in [-0.39, 0.29) is 11.6 Å². The summed E-state index contributed by atoms with van der Waals surface area (Å²) in [6.07, 6.45) is -0.536. The van der Waals surface area contributed by atoms with Gasteiger partial charge >= 0.3 is 6.09 Å². The van der Waals surface area contributed by atoms with E-state index in [1.807, 2.05) is 30.3 Å². The Hall–Kier alpha value is -1.62. The minimum atomic E-state index is -0.747. The summed E-state index contributed by atoms with van der Waals surface area (Å²) in [4.78, 5) is 11.7.